The van der Waals surface area contributed by atoms with Crippen LogP contribution in [0.2, 0.25) is 0 Å². The fourth-order valence-corrected chi connectivity index (χ4v) is 1.98. The smallest absolute Gasteiger partial charge is 0.338 e. The first-order valence-electron chi connectivity index (χ1n) is 5.39. The second-order valence-corrected chi connectivity index (χ2v) is 4.08. The zero-order valence-electron chi connectivity index (χ0n) is 9.25. The number of hydrogen-bond donors (Lipinski definition) is 1. The molecule has 0 saturated heterocycles. The van der Waals surface area contributed by atoms with Crippen molar-refractivity contribution >= 4 is 11.7 Å². The number of nitrogens with one attached hydrogen (secondary N) is 1. The SMILES string of the molecule is O=C1c2ccccc2CC[C@@H]1NC(=O)C(F)(F)F. The van der Waals surface area contributed by atoms with Crippen LogP contribution in [0, 0.1) is 0 Å². The lowest BCUT2D eigenvalue weighted by Gasteiger charge is -2.24. The van der Waals surface area contributed by atoms with E-state index in [9.17, 15) is 22.8 Å². The summed E-state index contributed by atoms with van der Waals surface area (Å²) in [6, 6.07) is 5.64. The Kier molecular flexibility index (Phi) is 3.11. The molecule has 0 fully saturated rings. The largest absolute Gasteiger partial charge is 0.471 e. The van der Waals surface area contributed by atoms with Crippen LogP contribution >= 0.6 is 0 Å². The minimum absolute atomic E-state index is 0.192. The van der Waals surface area contributed by atoms with Gasteiger partial charge in [0.15, 0.2) is 5.78 Å². The molecule has 0 spiro atoms. The number of carbonyl (C=O) groups excluding carboxylic acids is 2. The van der Waals surface area contributed by atoms with Crippen molar-refractivity contribution < 1.29 is 22.8 Å². The van der Waals surface area contributed by atoms with Crippen LogP contribution in [0.3, 0.4) is 0 Å². The average molecular weight is 257 g/mol. The number of benzene rings is 1. The molecule has 18 heavy (non-hydrogen) atoms. The number of alkyl halides is 3. The molecule has 3 nitrogen and oxygen atoms in total. The lowest BCUT2D eigenvalue weighted by atomic mass is 9.87. The molecule has 1 aliphatic carbocycles. The molecule has 1 atom stereocenters. The standard InChI is InChI=1S/C12H10F3NO2/c13-12(14,15)11(18)16-9-6-5-7-3-1-2-4-8(7)10(9)17/h1-4,9H,5-6H2,(H,16,18)/t9-/m0/s1. The molecule has 6 heteroatoms. The Labute approximate surface area is 101 Å². The Morgan fingerprint density at radius 1 is 1.28 bits per heavy atom. The van der Waals surface area contributed by atoms with Gasteiger partial charge in [0.1, 0.15) is 0 Å². The third-order valence-corrected chi connectivity index (χ3v) is 2.86. The summed E-state index contributed by atoms with van der Waals surface area (Å²) < 4.78 is 36.3. The maximum Gasteiger partial charge on any atom is 0.471 e. The van der Waals surface area contributed by atoms with E-state index in [0.29, 0.717) is 12.0 Å². The van der Waals surface area contributed by atoms with E-state index in [-0.39, 0.29) is 6.42 Å². The Balaban J connectivity index is 2.15. The summed E-state index contributed by atoms with van der Waals surface area (Å²) in [6.45, 7) is 0. The number of aryl methyl sites for hydroxylation is 1. The van der Waals surface area contributed by atoms with E-state index in [4.69, 9.17) is 0 Å². The summed E-state index contributed by atoms with van der Waals surface area (Å²) in [5, 5.41) is 1.74. The number of fused-ring (bicyclic) bond motifs is 1. The monoisotopic (exact) mass is 257 g/mol. The van der Waals surface area contributed by atoms with E-state index in [1.165, 1.54) is 0 Å². The van der Waals surface area contributed by atoms with Crippen LogP contribution in [0.4, 0.5) is 13.2 Å². The fraction of sp³-hybridized carbons (Fsp3) is 0.333. The molecule has 0 heterocycles. The Bertz CT molecular complexity index is 496. The van der Waals surface area contributed by atoms with Gasteiger partial charge in [0.05, 0.1) is 6.04 Å². The summed E-state index contributed by atoms with van der Waals surface area (Å²) in [4.78, 5) is 22.7. The van der Waals surface area contributed by atoms with Crippen molar-refractivity contribution in [2.24, 2.45) is 0 Å². The van der Waals surface area contributed by atoms with Gasteiger partial charge in [0.2, 0.25) is 0 Å². The molecular weight excluding hydrogens is 247 g/mol. The van der Waals surface area contributed by atoms with Crippen molar-refractivity contribution in [2.75, 3.05) is 0 Å². The van der Waals surface area contributed by atoms with Crippen molar-refractivity contribution in [3.63, 3.8) is 0 Å². The highest BCUT2D eigenvalue weighted by Crippen LogP contribution is 2.22. The minimum atomic E-state index is -4.96. The van der Waals surface area contributed by atoms with Gasteiger partial charge in [-0.3, -0.25) is 9.59 Å². The summed E-state index contributed by atoms with van der Waals surface area (Å²) in [5.74, 6) is -2.53. The van der Waals surface area contributed by atoms with E-state index in [1.54, 1.807) is 29.6 Å². The van der Waals surface area contributed by atoms with Gasteiger partial charge in [-0.2, -0.15) is 13.2 Å². The molecule has 96 valence electrons. The Hall–Kier alpha value is -1.85. The van der Waals surface area contributed by atoms with Crippen LogP contribution in [0.15, 0.2) is 24.3 Å². The van der Waals surface area contributed by atoms with E-state index in [0.717, 1.165) is 5.56 Å². The van der Waals surface area contributed by atoms with Crippen molar-refractivity contribution in [3.05, 3.63) is 35.4 Å². The molecule has 0 radical (unpaired) electrons. The number of halogens is 3. The topological polar surface area (TPSA) is 46.2 Å². The van der Waals surface area contributed by atoms with Crippen molar-refractivity contribution in [2.45, 2.75) is 25.1 Å². The van der Waals surface area contributed by atoms with Crippen molar-refractivity contribution in [1.29, 1.82) is 0 Å². The first kappa shape index (κ1) is 12.6. The molecule has 1 aromatic rings. The van der Waals surface area contributed by atoms with Gasteiger partial charge >= 0.3 is 12.1 Å². The molecule has 1 aromatic carbocycles. The van der Waals surface area contributed by atoms with Crippen molar-refractivity contribution in [1.82, 2.24) is 5.32 Å². The minimum Gasteiger partial charge on any atom is -0.338 e. The quantitative estimate of drug-likeness (QED) is 0.834. The number of hydrogen-bond acceptors (Lipinski definition) is 2. The maximum atomic E-state index is 12.1. The lowest BCUT2D eigenvalue weighted by molar-refractivity contribution is -0.174. The predicted molar refractivity (Wildman–Crippen MR) is 57.1 cm³/mol. The van der Waals surface area contributed by atoms with Crippen LogP contribution in [0.1, 0.15) is 22.3 Å². The van der Waals surface area contributed by atoms with Gasteiger partial charge in [-0.1, -0.05) is 24.3 Å². The summed E-state index contributed by atoms with van der Waals surface area (Å²) >= 11 is 0. The van der Waals surface area contributed by atoms with Gasteiger partial charge in [0.25, 0.3) is 0 Å². The van der Waals surface area contributed by atoms with Gasteiger partial charge in [-0.25, -0.2) is 0 Å². The predicted octanol–water partition coefficient (Wildman–Crippen LogP) is 1.86. The molecule has 0 aliphatic heterocycles. The maximum absolute atomic E-state index is 12.1. The fourth-order valence-electron chi connectivity index (χ4n) is 1.98. The van der Waals surface area contributed by atoms with Crippen LogP contribution in [0.5, 0.6) is 0 Å². The van der Waals surface area contributed by atoms with E-state index in [2.05, 4.69) is 0 Å². The third kappa shape index (κ3) is 2.37. The average Bonchev–Trinajstić information content (AvgIpc) is 2.32. The number of Topliss-reactive ketones (excluding diaryl/α,β-unsaturated/α-hetero) is 1. The molecular formula is C12H10F3NO2. The highest BCUT2D eigenvalue weighted by molar-refractivity contribution is 6.04. The number of ketones is 1. The first-order chi connectivity index (χ1) is 8.39. The third-order valence-electron chi connectivity index (χ3n) is 2.86. The second kappa shape index (κ2) is 4.44. The van der Waals surface area contributed by atoms with E-state index < -0.39 is 23.9 Å². The number of rotatable bonds is 1. The highest BCUT2D eigenvalue weighted by atomic mass is 19.4. The molecule has 0 unspecified atom stereocenters. The second-order valence-electron chi connectivity index (χ2n) is 4.08. The van der Waals surface area contributed by atoms with E-state index in [1.807, 2.05) is 0 Å². The van der Waals surface area contributed by atoms with E-state index >= 15 is 0 Å². The molecule has 0 aromatic heterocycles. The van der Waals surface area contributed by atoms with Crippen molar-refractivity contribution in [3.8, 4) is 0 Å². The normalized spacial score (nSPS) is 19.3. The molecule has 1 N–H and O–H groups in total. The first-order valence-corrected chi connectivity index (χ1v) is 5.39. The lowest BCUT2D eigenvalue weighted by Crippen LogP contribution is -2.48. The molecule has 0 saturated carbocycles. The van der Waals surface area contributed by atoms with Gasteiger partial charge < -0.3 is 5.32 Å². The Morgan fingerprint density at radius 2 is 1.94 bits per heavy atom. The van der Waals surface area contributed by atoms with Crippen LogP contribution in [-0.4, -0.2) is 23.9 Å². The zero-order valence-corrected chi connectivity index (χ0v) is 9.25. The number of amides is 1. The van der Waals surface area contributed by atoms with Gasteiger partial charge in [-0.15, -0.1) is 0 Å². The van der Waals surface area contributed by atoms with Gasteiger partial charge in [0, 0.05) is 5.56 Å². The van der Waals surface area contributed by atoms with Crippen LogP contribution < -0.4 is 5.32 Å². The zero-order chi connectivity index (χ0) is 13.3. The molecule has 2 rings (SSSR count). The summed E-state index contributed by atoms with van der Waals surface area (Å²) in [5.41, 5.74) is 1.19. The highest BCUT2D eigenvalue weighted by Gasteiger charge is 2.41. The molecule has 0 bridgehead atoms. The molecule has 1 aliphatic rings. The molecule has 1 amide bonds. The van der Waals surface area contributed by atoms with Gasteiger partial charge in [-0.05, 0) is 18.4 Å². The summed E-state index contributed by atoms with van der Waals surface area (Å²) in [6.07, 6.45) is -4.29. The number of carbonyl (C=O) groups is 2. The Morgan fingerprint density at radius 3 is 2.61 bits per heavy atom. The van der Waals surface area contributed by atoms with Crippen LogP contribution in [0.25, 0.3) is 0 Å². The summed E-state index contributed by atoms with van der Waals surface area (Å²) in [7, 11) is 0. The van der Waals surface area contributed by atoms with Crippen LogP contribution in [-0.2, 0) is 11.2 Å².